The second kappa shape index (κ2) is 6.74. The van der Waals surface area contributed by atoms with Gasteiger partial charge in [-0.15, -0.1) is 0 Å². The molecule has 5 heteroatoms. The van der Waals surface area contributed by atoms with E-state index >= 15 is 0 Å². The molecule has 17 heavy (non-hydrogen) atoms. The van der Waals surface area contributed by atoms with E-state index in [1.807, 2.05) is 6.07 Å². The summed E-state index contributed by atoms with van der Waals surface area (Å²) in [6.07, 6.45) is 7.26. The van der Waals surface area contributed by atoms with Crippen LogP contribution in [0.1, 0.15) is 37.4 Å². The Morgan fingerprint density at radius 2 is 2.24 bits per heavy atom. The molecule has 1 saturated carbocycles. The molecule has 1 N–H and O–H groups in total. The zero-order valence-electron chi connectivity index (χ0n) is 10.4. The Kier molecular flexibility index (Phi) is 4.97. The van der Waals surface area contributed by atoms with Crippen molar-refractivity contribution in [2.75, 3.05) is 20.3 Å². The summed E-state index contributed by atoms with van der Waals surface area (Å²) in [7, 11) is 1.66. The summed E-state index contributed by atoms with van der Waals surface area (Å²) in [6, 6.07) is 2.66. The van der Waals surface area contributed by atoms with Gasteiger partial charge >= 0.3 is 0 Å². The second-order valence-electron chi connectivity index (χ2n) is 4.39. The van der Waals surface area contributed by atoms with Gasteiger partial charge in [-0.2, -0.15) is 10.6 Å². The number of hydroxylamine groups is 1. The van der Waals surface area contributed by atoms with Crippen LogP contribution in [0.2, 0.25) is 0 Å². The van der Waals surface area contributed by atoms with Crippen molar-refractivity contribution < 1.29 is 9.57 Å². The highest BCUT2D eigenvalue weighted by Crippen LogP contribution is 2.28. The van der Waals surface area contributed by atoms with Crippen LogP contribution in [0.15, 0.2) is 12.3 Å². The summed E-state index contributed by atoms with van der Waals surface area (Å²) < 4.78 is 6.98. The normalized spacial score (nSPS) is 16.8. The van der Waals surface area contributed by atoms with Gasteiger partial charge in [-0.25, -0.2) is 0 Å². The van der Waals surface area contributed by atoms with Crippen molar-refractivity contribution in [3.05, 3.63) is 18.0 Å². The Hall–Kier alpha value is -0.910. The zero-order valence-corrected chi connectivity index (χ0v) is 10.4. The third-order valence-electron chi connectivity index (χ3n) is 3.11. The number of methoxy groups -OCH3 is 1. The van der Waals surface area contributed by atoms with E-state index in [1.165, 1.54) is 25.7 Å². The molecule has 0 saturated heterocycles. The van der Waals surface area contributed by atoms with E-state index in [0.29, 0.717) is 25.8 Å². The maximum atomic E-state index is 5.19. The molecule has 5 nitrogen and oxygen atoms in total. The predicted octanol–water partition coefficient (Wildman–Crippen LogP) is 1.67. The van der Waals surface area contributed by atoms with E-state index in [0.717, 1.165) is 5.69 Å². The molecule has 0 spiro atoms. The molecule has 0 atom stereocenters. The molecule has 1 aromatic rings. The fourth-order valence-corrected chi connectivity index (χ4v) is 2.17. The Morgan fingerprint density at radius 1 is 1.41 bits per heavy atom. The molecule has 1 fully saturated rings. The van der Waals surface area contributed by atoms with Gasteiger partial charge in [-0.05, 0) is 18.9 Å². The molecule has 1 heterocycles. The van der Waals surface area contributed by atoms with E-state index in [4.69, 9.17) is 9.57 Å². The Balaban J connectivity index is 1.70. The SMILES string of the molecule is COCCONCc1ccn(C2CCCC2)n1. The first-order valence-electron chi connectivity index (χ1n) is 6.28. The van der Waals surface area contributed by atoms with E-state index in [9.17, 15) is 0 Å². The summed E-state index contributed by atoms with van der Waals surface area (Å²) >= 11 is 0. The van der Waals surface area contributed by atoms with Crippen LogP contribution in [0.3, 0.4) is 0 Å². The highest BCUT2D eigenvalue weighted by atomic mass is 16.7. The molecule has 1 aromatic heterocycles. The first kappa shape index (κ1) is 12.5. The molecular formula is C12H21N3O2. The lowest BCUT2D eigenvalue weighted by molar-refractivity contribution is 0.00290. The number of hydrogen-bond acceptors (Lipinski definition) is 4. The smallest absolute Gasteiger partial charge is 0.0916 e. The van der Waals surface area contributed by atoms with Gasteiger partial charge in [0.2, 0.25) is 0 Å². The Labute approximate surface area is 102 Å². The van der Waals surface area contributed by atoms with Crippen LogP contribution in [-0.4, -0.2) is 30.1 Å². The lowest BCUT2D eigenvalue weighted by Crippen LogP contribution is -2.17. The van der Waals surface area contributed by atoms with Crippen LogP contribution in [0.4, 0.5) is 0 Å². The number of nitrogens with zero attached hydrogens (tertiary/aromatic N) is 2. The van der Waals surface area contributed by atoms with Crippen molar-refractivity contribution in [1.29, 1.82) is 0 Å². The number of ether oxygens (including phenoxy) is 1. The summed E-state index contributed by atoms with van der Waals surface area (Å²) in [4.78, 5) is 5.19. The molecule has 2 rings (SSSR count). The number of aromatic nitrogens is 2. The van der Waals surface area contributed by atoms with Gasteiger partial charge < -0.3 is 4.74 Å². The van der Waals surface area contributed by atoms with Crippen molar-refractivity contribution in [1.82, 2.24) is 15.3 Å². The quantitative estimate of drug-likeness (QED) is 0.581. The van der Waals surface area contributed by atoms with Gasteiger partial charge in [0, 0.05) is 13.3 Å². The van der Waals surface area contributed by atoms with Gasteiger partial charge in [0.1, 0.15) is 0 Å². The van der Waals surface area contributed by atoms with Gasteiger partial charge in [-0.3, -0.25) is 9.52 Å². The van der Waals surface area contributed by atoms with E-state index in [1.54, 1.807) is 7.11 Å². The monoisotopic (exact) mass is 239 g/mol. The average molecular weight is 239 g/mol. The van der Waals surface area contributed by atoms with E-state index < -0.39 is 0 Å². The third kappa shape index (κ3) is 3.80. The molecule has 1 aliphatic rings. The minimum absolute atomic E-state index is 0.555. The molecule has 0 amide bonds. The number of rotatable bonds is 7. The highest BCUT2D eigenvalue weighted by Gasteiger charge is 2.17. The number of nitrogens with one attached hydrogen (secondary N) is 1. The summed E-state index contributed by atoms with van der Waals surface area (Å²) in [5.74, 6) is 0. The van der Waals surface area contributed by atoms with Crippen molar-refractivity contribution in [3.63, 3.8) is 0 Å². The van der Waals surface area contributed by atoms with E-state index in [-0.39, 0.29) is 0 Å². The van der Waals surface area contributed by atoms with Crippen molar-refractivity contribution in [3.8, 4) is 0 Å². The lowest BCUT2D eigenvalue weighted by Gasteiger charge is -2.09. The highest BCUT2D eigenvalue weighted by molar-refractivity contribution is 4.99. The van der Waals surface area contributed by atoms with Crippen LogP contribution in [0.5, 0.6) is 0 Å². The molecule has 1 aliphatic carbocycles. The average Bonchev–Trinajstić information content (AvgIpc) is 2.99. The fraction of sp³-hybridized carbons (Fsp3) is 0.750. The summed E-state index contributed by atoms with van der Waals surface area (Å²) in [5, 5.41) is 4.55. The molecule has 0 bridgehead atoms. The first-order chi connectivity index (χ1) is 8.40. The molecule has 96 valence electrons. The largest absolute Gasteiger partial charge is 0.382 e. The Morgan fingerprint density at radius 3 is 3.00 bits per heavy atom. The Bertz CT molecular complexity index is 321. The van der Waals surface area contributed by atoms with Gasteiger partial charge in [0.15, 0.2) is 0 Å². The van der Waals surface area contributed by atoms with Gasteiger partial charge in [0.05, 0.1) is 31.5 Å². The topological polar surface area (TPSA) is 48.3 Å². The number of hydrogen-bond donors (Lipinski definition) is 1. The molecule has 0 unspecified atom stereocenters. The summed E-state index contributed by atoms with van der Waals surface area (Å²) in [5.41, 5.74) is 3.91. The lowest BCUT2D eigenvalue weighted by atomic mass is 10.3. The zero-order chi connectivity index (χ0) is 11.9. The maximum Gasteiger partial charge on any atom is 0.0916 e. The first-order valence-corrected chi connectivity index (χ1v) is 6.28. The second-order valence-corrected chi connectivity index (χ2v) is 4.39. The van der Waals surface area contributed by atoms with Gasteiger partial charge in [0.25, 0.3) is 0 Å². The van der Waals surface area contributed by atoms with Crippen molar-refractivity contribution in [2.45, 2.75) is 38.3 Å². The standard InChI is InChI=1S/C12H21N3O2/c1-16-8-9-17-13-10-11-6-7-15(14-11)12-4-2-3-5-12/h6-7,12-13H,2-5,8-10H2,1H3. The van der Waals surface area contributed by atoms with Crippen LogP contribution in [0.25, 0.3) is 0 Å². The molecule has 0 radical (unpaired) electrons. The summed E-state index contributed by atoms with van der Waals surface area (Å²) in [6.45, 7) is 1.80. The predicted molar refractivity (Wildman–Crippen MR) is 64.4 cm³/mol. The molecule has 0 aromatic carbocycles. The van der Waals surface area contributed by atoms with Crippen LogP contribution >= 0.6 is 0 Å². The van der Waals surface area contributed by atoms with Gasteiger partial charge in [-0.1, -0.05) is 12.8 Å². The minimum Gasteiger partial charge on any atom is -0.382 e. The minimum atomic E-state index is 0.555. The molecule has 0 aliphatic heterocycles. The molecular weight excluding hydrogens is 218 g/mol. The van der Waals surface area contributed by atoms with Crippen molar-refractivity contribution in [2.24, 2.45) is 0 Å². The van der Waals surface area contributed by atoms with Crippen LogP contribution in [0, 0.1) is 0 Å². The maximum absolute atomic E-state index is 5.19. The third-order valence-corrected chi connectivity index (χ3v) is 3.11. The van der Waals surface area contributed by atoms with Crippen molar-refractivity contribution >= 4 is 0 Å². The van der Waals surface area contributed by atoms with Crippen LogP contribution in [-0.2, 0) is 16.1 Å². The van der Waals surface area contributed by atoms with E-state index in [2.05, 4.69) is 21.5 Å². The fourth-order valence-electron chi connectivity index (χ4n) is 2.17. The van der Waals surface area contributed by atoms with Crippen LogP contribution < -0.4 is 5.48 Å².